The monoisotopic (exact) mass is 250 g/mol. The Morgan fingerprint density at radius 3 is 3.17 bits per heavy atom. The van der Waals surface area contributed by atoms with E-state index in [-0.39, 0.29) is 17.8 Å². The van der Waals surface area contributed by atoms with Crippen molar-refractivity contribution in [2.45, 2.75) is 25.9 Å². The Bertz CT molecular complexity index is 422. The third-order valence-corrected chi connectivity index (χ3v) is 3.06. The van der Waals surface area contributed by atoms with Gasteiger partial charge in [-0.1, -0.05) is 6.92 Å². The van der Waals surface area contributed by atoms with E-state index >= 15 is 0 Å². The fourth-order valence-corrected chi connectivity index (χ4v) is 2.05. The van der Waals surface area contributed by atoms with Crippen LogP contribution in [0.15, 0.2) is 18.5 Å². The standard InChI is InChI=1S/C13H18N2O3/c1-2-12-9-15(4-3-5-18-12)13(17)10-6-11(16)8-14-7-10/h6-8,12,16H,2-5,9H2,1H3. The largest absolute Gasteiger partial charge is 0.506 e. The Kier molecular flexibility index (Phi) is 4.15. The first-order valence-corrected chi connectivity index (χ1v) is 6.25. The number of hydrogen-bond donors (Lipinski definition) is 1. The van der Waals surface area contributed by atoms with Crippen LogP contribution in [0.1, 0.15) is 30.1 Å². The summed E-state index contributed by atoms with van der Waals surface area (Å²) < 4.78 is 5.63. The molecule has 1 N–H and O–H groups in total. The summed E-state index contributed by atoms with van der Waals surface area (Å²) in [6.45, 7) is 4.03. The highest BCUT2D eigenvalue weighted by Crippen LogP contribution is 2.15. The van der Waals surface area contributed by atoms with Gasteiger partial charge in [0.15, 0.2) is 0 Å². The lowest BCUT2D eigenvalue weighted by atomic mass is 10.2. The van der Waals surface area contributed by atoms with E-state index < -0.39 is 0 Å². The fourth-order valence-electron chi connectivity index (χ4n) is 2.05. The summed E-state index contributed by atoms with van der Waals surface area (Å²) in [7, 11) is 0. The second-order valence-electron chi connectivity index (χ2n) is 4.44. The normalized spacial score (nSPS) is 20.5. The third-order valence-electron chi connectivity index (χ3n) is 3.06. The van der Waals surface area contributed by atoms with Crippen LogP contribution in [-0.2, 0) is 4.74 Å². The van der Waals surface area contributed by atoms with Crippen molar-refractivity contribution >= 4 is 5.91 Å². The number of carbonyl (C=O) groups is 1. The molecular weight excluding hydrogens is 232 g/mol. The van der Waals surface area contributed by atoms with Crippen LogP contribution in [0.5, 0.6) is 5.75 Å². The number of nitrogens with zero attached hydrogens (tertiary/aromatic N) is 2. The molecule has 1 unspecified atom stereocenters. The number of carbonyl (C=O) groups excluding carboxylic acids is 1. The van der Waals surface area contributed by atoms with E-state index in [0.717, 1.165) is 12.8 Å². The van der Waals surface area contributed by atoms with Gasteiger partial charge < -0.3 is 14.7 Å². The van der Waals surface area contributed by atoms with Crippen molar-refractivity contribution in [1.29, 1.82) is 0 Å². The second-order valence-corrected chi connectivity index (χ2v) is 4.44. The molecule has 1 aromatic heterocycles. The Hall–Kier alpha value is -1.62. The lowest BCUT2D eigenvalue weighted by molar-refractivity contribution is 0.0460. The van der Waals surface area contributed by atoms with Crippen molar-refractivity contribution in [3.8, 4) is 5.75 Å². The summed E-state index contributed by atoms with van der Waals surface area (Å²) in [4.78, 5) is 17.9. The van der Waals surface area contributed by atoms with Crippen molar-refractivity contribution in [2.75, 3.05) is 19.7 Å². The Labute approximate surface area is 106 Å². The molecule has 1 amide bonds. The van der Waals surface area contributed by atoms with Gasteiger partial charge in [-0.25, -0.2) is 0 Å². The zero-order chi connectivity index (χ0) is 13.0. The van der Waals surface area contributed by atoms with Crippen LogP contribution in [0.2, 0.25) is 0 Å². The molecule has 1 aromatic rings. The molecule has 0 saturated carbocycles. The average molecular weight is 250 g/mol. The molecule has 0 aliphatic carbocycles. The lowest BCUT2D eigenvalue weighted by Gasteiger charge is -2.23. The van der Waals surface area contributed by atoms with Gasteiger partial charge in [-0.2, -0.15) is 0 Å². The predicted molar refractivity (Wildman–Crippen MR) is 66.5 cm³/mol. The van der Waals surface area contributed by atoms with Gasteiger partial charge in [0, 0.05) is 25.9 Å². The zero-order valence-electron chi connectivity index (χ0n) is 10.5. The molecule has 1 aliphatic heterocycles. The number of rotatable bonds is 2. The van der Waals surface area contributed by atoms with Gasteiger partial charge in [0.1, 0.15) is 5.75 Å². The van der Waals surface area contributed by atoms with E-state index in [4.69, 9.17) is 4.74 Å². The van der Waals surface area contributed by atoms with Crippen LogP contribution >= 0.6 is 0 Å². The van der Waals surface area contributed by atoms with Gasteiger partial charge in [0.2, 0.25) is 0 Å². The first kappa shape index (κ1) is 12.8. The minimum Gasteiger partial charge on any atom is -0.506 e. The first-order chi connectivity index (χ1) is 8.70. The fraction of sp³-hybridized carbons (Fsp3) is 0.538. The predicted octanol–water partition coefficient (Wildman–Crippen LogP) is 1.43. The van der Waals surface area contributed by atoms with E-state index in [2.05, 4.69) is 11.9 Å². The van der Waals surface area contributed by atoms with Crippen molar-refractivity contribution in [2.24, 2.45) is 0 Å². The van der Waals surface area contributed by atoms with E-state index in [1.165, 1.54) is 18.5 Å². The molecule has 5 heteroatoms. The molecule has 1 saturated heterocycles. The lowest BCUT2D eigenvalue weighted by Crippen LogP contribution is -2.36. The van der Waals surface area contributed by atoms with Crippen LogP contribution in [-0.4, -0.2) is 46.7 Å². The minimum atomic E-state index is -0.0950. The van der Waals surface area contributed by atoms with Crippen molar-refractivity contribution in [3.63, 3.8) is 0 Å². The number of aromatic hydroxyl groups is 1. The van der Waals surface area contributed by atoms with E-state index in [1.54, 1.807) is 4.90 Å². The minimum absolute atomic E-state index is 0.0129. The van der Waals surface area contributed by atoms with Gasteiger partial charge in [0.05, 0.1) is 17.9 Å². The van der Waals surface area contributed by atoms with Crippen molar-refractivity contribution < 1.29 is 14.6 Å². The maximum Gasteiger partial charge on any atom is 0.255 e. The molecule has 0 aromatic carbocycles. The molecule has 1 aliphatic rings. The molecule has 0 spiro atoms. The highest BCUT2D eigenvalue weighted by Gasteiger charge is 2.22. The van der Waals surface area contributed by atoms with Gasteiger partial charge in [-0.15, -0.1) is 0 Å². The molecule has 18 heavy (non-hydrogen) atoms. The van der Waals surface area contributed by atoms with Gasteiger partial charge >= 0.3 is 0 Å². The number of hydrogen-bond acceptors (Lipinski definition) is 4. The second kappa shape index (κ2) is 5.82. The van der Waals surface area contributed by atoms with Gasteiger partial charge in [-0.3, -0.25) is 9.78 Å². The number of ether oxygens (including phenoxy) is 1. The zero-order valence-corrected chi connectivity index (χ0v) is 10.5. The molecule has 5 nitrogen and oxygen atoms in total. The molecule has 0 radical (unpaired) electrons. The van der Waals surface area contributed by atoms with E-state index in [0.29, 0.717) is 25.3 Å². The molecular formula is C13H18N2O3. The summed E-state index contributed by atoms with van der Waals surface area (Å²) in [6.07, 6.45) is 4.63. The van der Waals surface area contributed by atoms with Gasteiger partial charge in [-0.05, 0) is 18.9 Å². The summed E-state index contributed by atoms with van der Waals surface area (Å²) in [5.74, 6) is -0.0821. The molecule has 2 rings (SSSR count). The average Bonchev–Trinajstić information content (AvgIpc) is 2.63. The van der Waals surface area contributed by atoms with Crippen molar-refractivity contribution in [1.82, 2.24) is 9.88 Å². The van der Waals surface area contributed by atoms with Crippen LogP contribution in [0, 0.1) is 0 Å². The maximum atomic E-state index is 12.3. The highest BCUT2D eigenvalue weighted by molar-refractivity contribution is 5.94. The SMILES string of the molecule is CCC1CN(C(=O)c2cncc(O)c2)CCCO1. The molecule has 2 heterocycles. The highest BCUT2D eigenvalue weighted by atomic mass is 16.5. The number of aromatic nitrogens is 1. The Morgan fingerprint density at radius 2 is 2.44 bits per heavy atom. The van der Waals surface area contributed by atoms with Crippen LogP contribution in [0.3, 0.4) is 0 Å². The molecule has 1 fully saturated rings. The Morgan fingerprint density at radius 1 is 1.61 bits per heavy atom. The topological polar surface area (TPSA) is 62.7 Å². The quantitative estimate of drug-likeness (QED) is 0.862. The summed E-state index contributed by atoms with van der Waals surface area (Å²) >= 11 is 0. The third kappa shape index (κ3) is 2.98. The summed E-state index contributed by atoms with van der Waals surface area (Å²) in [6, 6.07) is 1.45. The summed E-state index contributed by atoms with van der Waals surface area (Å²) in [5.41, 5.74) is 0.423. The van der Waals surface area contributed by atoms with E-state index in [9.17, 15) is 9.90 Å². The smallest absolute Gasteiger partial charge is 0.255 e. The first-order valence-electron chi connectivity index (χ1n) is 6.25. The number of pyridine rings is 1. The van der Waals surface area contributed by atoms with Crippen LogP contribution in [0.25, 0.3) is 0 Å². The molecule has 98 valence electrons. The maximum absolute atomic E-state index is 12.3. The number of amides is 1. The van der Waals surface area contributed by atoms with E-state index in [1.807, 2.05) is 0 Å². The Balaban J connectivity index is 2.12. The molecule has 1 atom stereocenters. The summed E-state index contributed by atoms with van der Waals surface area (Å²) in [5, 5.41) is 9.36. The van der Waals surface area contributed by atoms with Crippen LogP contribution < -0.4 is 0 Å². The van der Waals surface area contributed by atoms with Crippen LogP contribution in [0.4, 0.5) is 0 Å². The van der Waals surface area contributed by atoms with Gasteiger partial charge in [0.25, 0.3) is 5.91 Å². The molecule has 0 bridgehead atoms. The van der Waals surface area contributed by atoms with Crippen molar-refractivity contribution in [3.05, 3.63) is 24.0 Å².